The van der Waals surface area contributed by atoms with Gasteiger partial charge in [0.05, 0.1) is 10.6 Å². The highest BCUT2D eigenvalue weighted by Crippen LogP contribution is 2.20. The van der Waals surface area contributed by atoms with Crippen LogP contribution in [0.4, 0.5) is 5.69 Å². The first-order valence-electron chi connectivity index (χ1n) is 8.04. The topological polar surface area (TPSA) is 108 Å². The summed E-state index contributed by atoms with van der Waals surface area (Å²) < 4.78 is 5.74. The lowest BCUT2D eigenvalue weighted by Crippen LogP contribution is -2.35. The number of hydrogen-bond donors (Lipinski definition) is 2. The maximum absolute atomic E-state index is 12.1. The summed E-state index contributed by atoms with van der Waals surface area (Å²) in [4.78, 5) is 36.0. The highest BCUT2D eigenvalue weighted by Gasteiger charge is 2.19. The van der Waals surface area contributed by atoms with Crippen LogP contribution in [-0.2, 0) is 14.3 Å². The monoisotopic (exact) mass is 463 g/mol. The number of nitrogens with zero attached hydrogens (tertiary/aromatic N) is 1. The molecule has 0 aliphatic heterocycles. The van der Waals surface area contributed by atoms with Crippen LogP contribution < -0.4 is 10.6 Å². The summed E-state index contributed by atoms with van der Waals surface area (Å²) in [6, 6.07) is 13.0. The van der Waals surface area contributed by atoms with E-state index < -0.39 is 23.9 Å². The van der Waals surface area contributed by atoms with Crippen LogP contribution >= 0.6 is 27.5 Å². The normalized spacial score (nSPS) is 11.1. The summed E-state index contributed by atoms with van der Waals surface area (Å²) in [5.74, 6) is -1.78. The average Bonchev–Trinajstić information content (AvgIpc) is 2.66. The van der Waals surface area contributed by atoms with Gasteiger partial charge in [-0.2, -0.15) is 5.26 Å². The van der Waals surface area contributed by atoms with Gasteiger partial charge in [-0.1, -0.05) is 33.6 Å². The van der Waals surface area contributed by atoms with Crippen molar-refractivity contribution in [1.82, 2.24) is 5.32 Å². The molecule has 0 aliphatic rings. The fourth-order valence-electron chi connectivity index (χ4n) is 2.10. The molecule has 2 aromatic carbocycles. The second kappa shape index (κ2) is 9.88. The minimum atomic E-state index is -1.09. The lowest BCUT2D eigenvalue weighted by molar-refractivity contribution is -0.152. The van der Waals surface area contributed by atoms with Crippen LogP contribution in [0.15, 0.2) is 46.9 Å². The Balaban J connectivity index is 1.84. The van der Waals surface area contributed by atoms with Crippen molar-refractivity contribution in [2.75, 3.05) is 11.9 Å². The van der Waals surface area contributed by atoms with E-state index in [1.807, 2.05) is 6.07 Å². The third kappa shape index (κ3) is 6.08. The molecule has 2 amide bonds. The number of nitrogens with one attached hydrogen (secondary N) is 2. The van der Waals surface area contributed by atoms with Crippen molar-refractivity contribution in [3.8, 4) is 6.07 Å². The molecule has 0 radical (unpaired) electrons. The second-order valence-corrected chi connectivity index (χ2v) is 6.94. The number of benzene rings is 2. The number of hydrogen-bond acceptors (Lipinski definition) is 5. The predicted octanol–water partition coefficient (Wildman–Crippen LogP) is 3.27. The maximum Gasteiger partial charge on any atom is 0.326 e. The number of nitriles is 1. The number of carbonyl (C=O) groups excluding carboxylic acids is 3. The van der Waals surface area contributed by atoms with Crippen LogP contribution in [0, 0.1) is 11.3 Å². The van der Waals surface area contributed by atoms with Gasteiger partial charge in [0.1, 0.15) is 12.6 Å². The van der Waals surface area contributed by atoms with Crippen molar-refractivity contribution in [2.24, 2.45) is 0 Å². The first-order chi connectivity index (χ1) is 13.3. The lowest BCUT2D eigenvalue weighted by Gasteiger charge is -2.14. The van der Waals surface area contributed by atoms with E-state index in [2.05, 4.69) is 26.6 Å². The van der Waals surface area contributed by atoms with E-state index in [0.29, 0.717) is 11.3 Å². The first-order valence-corrected chi connectivity index (χ1v) is 9.21. The van der Waals surface area contributed by atoms with E-state index in [4.69, 9.17) is 21.6 Å². The SMILES string of the molecule is CC(OC(=O)CNC(=O)c1cccc(Br)c1)C(=O)Nc1ccc(C#N)c(Cl)c1. The van der Waals surface area contributed by atoms with Crippen LogP contribution in [0.25, 0.3) is 0 Å². The average molecular weight is 465 g/mol. The molecular weight excluding hydrogens is 450 g/mol. The summed E-state index contributed by atoms with van der Waals surface area (Å²) in [6.07, 6.45) is -1.09. The molecular formula is C19H15BrClN3O4. The van der Waals surface area contributed by atoms with Crippen molar-refractivity contribution >= 4 is 51.0 Å². The van der Waals surface area contributed by atoms with Gasteiger partial charge in [-0.05, 0) is 43.3 Å². The second-order valence-electron chi connectivity index (χ2n) is 5.62. The van der Waals surface area contributed by atoms with Gasteiger partial charge in [0.25, 0.3) is 11.8 Å². The molecule has 2 N–H and O–H groups in total. The molecule has 2 rings (SSSR count). The molecule has 1 unspecified atom stereocenters. The molecule has 144 valence electrons. The number of halogens is 2. The molecule has 9 heteroatoms. The van der Waals surface area contributed by atoms with E-state index in [1.165, 1.54) is 25.1 Å². The molecule has 1 atom stereocenters. The Morgan fingerprint density at radius 3 is 2.64 bits per heavy atom. The molecule has 0 heterocycles. The molecule has 0 aliphatic carbocycles. The van der Waals surface area contributed by atoms with Crippen LogP contribution in [0.1, 0.15) is 22.8 Å². The van der Waals surface area contributed by atoms with E-state index in [1.54, 1.807) is 24.3 Å². The Morgan fingerprint density at radius 2 is 2.00 bits per heavy atom. The van der Waals surface area contributed by atoms with Crippen molar-refractivity contribution in [2.45, 2.75) is 13.0 Å². The molecule has 0 saturated carbocycles. The summed E-state index contributed by atoms with van der Waals surface area (Å²) in [5.41, 5.74) is 1.02. The Morgan fingerprint density at radius 1 is 1.25 bits per heavy atom. The third-order valence-electron chi connectivity index (χ3n) is 3.51. The predicted molar refractivity (Wildman–Crippen MR) is 107 cm³/mol. The number of carbonyl (C=O) groups is 3. The molecule has 0 bridgehead atoms. The van der Waals surface area contributed by atoms with Crippen LogP contribution in [0.5, 0.6) is 0 Å². The van der Waals surface area contributed by atoms with Crippen molar-refractivity contribution in [1.29, 1.82) is 5.26 Å². The highest BCUT2D eigenvalue weighted by molar-refractivity contribution is 9.10. The van der Waals surface area contributed by atoms with E-state index in [-0.39, 0.29) is 17.1 Å². The number of anilines is 1. The quantitative estimate of drug-likeness (QED) is 0.638. The minimum Gasteiger partial charge on any atom is -0.451 e. The summed E-state index contributed by atoms with van der Waals surface area (Å²) in [7, 11) is 0. The zero-order valence-corrected chi connectivity index (χ0v) is 17.0. The van der Waals surface area contributed by atoms with E-state index >= 15 is 0 Å². The molecule has 0 saturated heterocycles. The van der Waals surface area contributed by atoms with Gasteiger partial charge < -0.3 is 15.4 Å². The van der Waals surface area contributed by atoms with Crippen molar-refractivity contribution in [3.63, 3.8) is 0 Å². The van der Waals surface area contributed by atoms with Crippen LogP contribution in [0.3, 0.4) is 0 Å². The summed E-state index contributed by atoms with van der Waals surface area (Å²) in [6.45, 7) is 1.01. The molecule has 0 aromatic heterocycles. The number of amides is 2. The number of rotatable bonds is 6. The summed E-state index contributed by atoms with van der Waals surface area (Å²) >= 11 is 9.16. The Labute approximate surface area is 174 Å². The molecule has 0 spiro atoms. The molecule has 28 heavy (non-hydrogen) atoms. The van der Waals surface area contributed by atoms with Crippen molar-refractivity contribution in [3.05, 3.63) is 63.1 Å². The van der Waals surface area contributed by atoms with E-state index in [9.17, 15) is 14.4 Å². The Bertz CT molecular complexity index is 958. The largest absolute Gasteiger partial charge is 0.451 e. The zero-order chi connectivity index (χ0) is 20.7. The molecule has 0 fully saturated rings. The molecule has 2 aromatic rings. The van der Waals surface area contributed by atoms with Gasteiger partial charge in [0.15, 0.2) is 6.10 Å². The van der Waals surface area contributed by atoms with E-state index in [0.717, 1.165) is 4.47 Å². The van der Waals surface area contributed by atoms with Crippen molar-refractivity contribution < 1.29 is 19.1 Å². The van der Waals surface area contributed by atoms with Gasteiger partial charge in [-0.25, -0.2) is 0 Å². The lowest BCUT2D eigenvalue weighted by atomic mass is 10.2. The van der Waals surface area contributed by atoms with Gasteiger partial charge in [-0.3, -0.25) is 14.4 Å². The fraction of sp³-hybridized carbons (Fsp3) is 0.158. The summed E-state index contributed by atoms with van der Waals surface area (Å²) in [5, 5.41) is 14.0. The smallest absolute Gasteiger partial charge is 0.326 e. The Hall–Kier alpha value is -2.89. The van der Waals surface area contributed by atoms with Gasteiger partial charge in [-0.15, -0.1) is 0 Å². The molecule has 7 nitrogen and oxygen atoms in total. The standard InChI is InChI=1S/C19H15BrClN3O4/c1-11(18(26)24-15-6-5-13(9-22)16(21)8-15)28-17(25)10-23-19(27)12-3-2-4-14(20)7-12/h2-8,11H,10H2,1H3,(H,23,27)(H,24,26). The number of esters is 1. The third-order valence-corrected chi connectivity index (χ3v) is 4.32. The Kier molecular flexibility index (Phi) is 7.55. The van der Waals surface area contributed by atoms with Gasteiger partial charge in [0.2, 0.25) is 0 Å². The fourth-order valence-corrected chi connectivity index (χ4v) is 2.73. The van der Waals surface area contributed by atoms with Gasteiger partial charge >= 0.3 is 5.97 Å². The minimum absolute atomic E-state index is 0.195. The number of ether oxygens (including phenoxy) is 1. The van der Waals surface area contributed by atoms with Crippen LogP contribution in [0.2, 0.25) is 5.02 Å². The van der Waals surface area contributed by atoms with Gasteiger partial charge in [0, 0.05) is 15.7 Å². The maximum atomic E-state index is 12.1. The highest BCUT2D eigenvalue weighted by atomic mass is 79.9. The zero-order valence-electron chi connectivity index (χ0n) is 14.7. The van der Waals surface area contributed by atoms with Crippen LogP contribution in [-0.4, -0.2) is 30.4 Å². The first kappa shape index (κ1) is 21.4.